The van der Waals surface area contributed by atoms with E-state index in [9.17, 15) is 4.79 Å². The van der Waals surface area contributed by atoms with Crippen molar-refractivity contribution in [3.05, 3.63) is 52.8 Å². The molecule has 4 rings (SSSR count). The minimum absolute atomic E-state index is 0.113. The minimum Gasteiger partial charge on any atom is -0.310 e. The van der Waals surface area contributed by atoms with Gasteiger partial charge in [-0.1, -0.05) is 18.2 Å². The highest BCUT2D eigenvalue weighted by Gasteiger charge is 2.29. The van der Waals surface area contributed by atoms with E-state index < -0.39 is 0 Å². The Kier molecular flexibility index (Phi) is 4.09. The Bertz CT molecular complexity index is 927. The molecule has 0 bridgehead atoms. The molecule has 1 unspecified atom stereocenters. The van der Waals surface area contributed by atoms with Gasteiger partial charge in [-0.15, -0.1) is 11.3 Å². The van der Waals surface area contributed by atoms with E-state index in [1.165, 1.54) is 5.56 Å². The van der Waals surface area contributed by atoms with Crippen molar-refractivity contribution in [1.29, 1.82) is 0 Å². The molecular weight excluding hydrogens is 332 g/mol. The fraction of sp³-hybridized carbons (Fsp3) is 0.368. The largest absolute Gasteiger partial charge is 0.310 e. The number of amides is 1. The molecule has 3 heterocycles. The maximum absolute atomic E-state index is 13.0. The number of rotatable bonds is 3. The molecule has 1 atom stereocenters. The Hall–Kier alpha value is -2.18. The van der Waals surface area contributed by atoms with Crippen LogP contribution in [0.4, 0.5) is 5.69 Å². The maximum atomic E-state index is 13.0. The molecule has 0 spiro atoms. The summed E-state index contributed by atoms with van der Waals surface area (Å²) in [5.74, 6) is 0.113. The van der Waals surface area contributed by atoms with Gasteiger partial charge in [-0.05, 0) is 39.1 Å². The normalized spacial score (nSPS) is 17.3. The summed E-state index contributed by atoms with van der Waals surface area (Å²) < 4.78 is 2.06. The van der Waals surface area contributed by atoms with Gasteiger partial charge in [0.25, 0.3) is 0 Å². The van der Waals surface area contributed by atoms with Crippen molar-refractivity contribution in [3.8, 4) is 0 Å². The van der Waals surface area contributed by atoms with E-state index in [1.807, 2.05) is 23.2 Å². The third kappa shape index (κ3) is 2.96. The SMILES string of the molecule is Cc1csc2nc(CC(=O)N3CC(N(C)C)Cc4ccccc43)cn12. The third-order valence-electron chi connectivity index (χ3n) is 4.93. The molecule has 130 valence electrons. The predicted molar refractivity (Wildman–Crippen MR) is 101 cm³/mol. The number of imidazole rings is 1. The Morgan fingerprint density at radius 3 is 2.92 bits per heavy atom. The van der Waals surface area contributed by atoms with Gasteiger partial charge in [-0.25, -0.2) is 4.98 Å². The number of carbonyl (C=O) groups is 1. The van der Waals surface area contributed by atoms with Gasteiger partial charge < -0.3 is 9.80 Å². The molecular formula is C19H22N4OS. The quantitative estimate of drug-likeness (QED) is 0.726. The molecule has 25 heavy (non-hydrogen) atoms. The van der Waals surface area contributed by atoms with E-state index >= 15 is 0 Å². The fourth-order valence-electron chi connectivity index (χ4n) is 3.43. The van der Waals surface area contributed by atoms with Gasteiger partial charge in [-0.3, -0.25) is 9.20 Å². The van der Waals surface area contributed by atoms with Gasteiger partial charge >= 0.3 is 0 Å². The van der Waals surface area contributed by atoms with Crippen molar-refractivity contribution in [3.63, 3.8) is 0 Å². The number of nitrogens with zero attached hydrogens (tertiary/aromatic N) is 4. The smallest absolute Gasteiger partial charge is 0.233 e. The standard InChI is InChI=1S/C19H22N4OS/c1-13-12-25-19-20-15(10-22(13)19)9-18(24)23-11-16(21(2)3)8-14-6-4-5-7-17(14)23/h4-7,10,12,16H,8-9,11H2,1-3H3. The predicted octanol–water partition coefficient (Wildman–Crippen LogP) is 2.77. The van der Waals surface area contributed by atoms with Crippen LogP contribution in [0.3, 0.4) is 0 Å². The summed E-state index contributed by atoms with van der Waals surface area (Å²) in [6.07, 6.45) is 3.30. The Morgan fingerprint density at radius 1 is 1.36 bits per heavy atom. The van der Waals surface area contributed by atoms with Crippen LogP contribution >= 0.6 is 11.3 Å². The zero-order chi connectivity index (χ0) is 17.6. The first kappa shape index (κ1) is 16.3. The van der Waals surface area contributed by atoms with Gasteiger partial charge in [0, 0.05) is 35.5 Å². The summed E-state index contributed by atoms with van der Waals surface area (Å²) in [5.41, 5.74) is 4.27. The van der Waals surface area contributed by atoms with Crippen LogP contribution in [0, 0.1) is 6.92 Å². The molecule has 1 aliphatic heterocycles. The van der Waals surface area contributed by atoms with Gasteiger partial charge in [0.2, 0.25) is 5.91 Å². The van der Waals surface area contributed by atoms with Crippen LogP contribution in [0.25, 0.3) is 4.96 Å². The van der Waals surface area contributed by atoms with Crippen LogP contribution in [-0.2, 0) is 17.6 Å². The van der Waals surface area contributed by atoms with Crippen molar-refractivity contribution in [2.45, 2.75) is 25.8 Å². The number of benzene rings is 1. The van der Waals surface area contributed by atoms with Crippen molar-refractivity contribution < 1.29 is 4.79 Å². The van der Waals surface area contributed by atoms with Crippen LogP contribution < -0.4 is 4.90 Å². The summed E-state index contributed by atoms with van der Waals surface area (Å²) >= 11 is 1.61. The Morgan fingerprint density at radius 2 is 2.16 bits per heavy atom. The molecule has 0 saturated carbocycles. The summed E-state index contributed by atoms with van der Waals surface area (Å²) in [4.78, 5) is 22.7. The maximum Gasteiger partial charge on any atom is 0.233 e. The van der Waals surface area contributed by atoms with Crippen LogP contribution in [0.5, 0.6) is 0 Å². The van der Waals surface area contributed by atoms with Crippen LogP contribution in [0.15, 0.2) is 35.8 Å². The lowest BCUT2D eigenvalue weighted by Gasteiger charge is -2.37. The first-order valence-corrected chi connectivity index (χ1v) is 9.37. The van der Waals surface area contributed by atoms with Gasteiger partial charge in [0.15, 0.2) is 4.96 Å². The Labute approximate surface area is 151 Å². The second kappa shape index (κ2) is 6.28. The number of hydrogen-bond donors (Lipinski definition) is 0. The summed E-state index contributed by atoms with van der Waals surface area (Å²) in [6.45, 7) is 2.78. The van der Waals surface area contributed by atoms with E-state index in [0.29, 0.717) is 12.5 Å². The number of anilines is 1. The lowest BCUT2D eigenvalue weighted by molar-refractivity contribution is -0.118. The number of para-hydroxylation sites is 1. The summed E-state index contributed by atoms with van der Waals surface area (Å²) in [6, 6.07) is 8.57. The first-order chi connectivity index (χ1) is 12.0. The van der Waals surface area contributed by atoms with E-state index in [2.05, 4.69) is 52.8 Å². The van der Waals surface area contributed by atoms with Crippen LogP contribution in [-0.4, -0.2) is 46.9 Å². The van der Waals surface area contributed by atoms with Crippen molar-refractivity contribution in [2.75, 3.05) is 25.5 Å². The highest BCUT2D eigenvalue weighted by molar-refractivity contribution is 7.15. The number of hydrogen-bond acceptors (Lipinski definition) is 4. The third-order valence-corrected chi connectivity index (χ3v) is 5.89. The number of aromatic nitrogens is 2. The zero-order valence-electron chi connectivity index (χ0n) is 14.8. The van der Waals surface area contributed by atoms with E-state index in [-0.39, 0.29) is 5.91 Å². The average molecular weight is 354 g/mol. The van der Waals surface area contributed by atoms with Crippen molar-refractivity contribution >= 4 is 27.9 Å². The topological polar surface area (TPSA) is 40.9 Å². The molecule has 1 aliphatic rings. The number of likely N-dealkylation sites (N-methyl/N-ethyl adjacent to an activating group) is 1. The summed E-state index contributed by atoms with van der Waals surface area (Å²) in [5, 5.41) is 2.08. The lowest BCUT2D eigenvalue weighted by Crippen LogP contribution is -2.48. The molecule has 5 nitrogen and oxygen atoms in total. The van der Waals surface area contributed by atoms with Gasteiger partial charge in [0.05, 0.1) is 12.1 Å². The van der Waals surface area contributed by atoms with Crippen LogP contribution in [0.2, 0.25) is 0 Å². The number of carbonyl (C=O) groups excluding carboxylic acids is 1. The first-order valence-electron chi connectivity index (χ1n) is 8.49. The molecule has 6 heteroatoms. The monoisotopic (exact) mass is 354 g/mol. The molecule has 0 aliphatic carbocycles. The summed E-state index contributed by atoms with van der Waals surface area (Å²) in [7, 11) is 4.15. The minimum atomic E-state index is 0.113. The lowest BCUT2D eigenvalue weighted by atomic mass is 9.97. The van der Waals surface area contributed by atoms with Gasteiger partial charge in [-0.2, -0.15) is 0 Å². The second-order valence-electron chi connectivity index (χ2n) is 6.89. The number of thiazole rings is 1. The van der Waals surface area contributed by atoms with Crippen molar-refractivity contribution in [2.24, 2.45) is 0 Å². The number of aryl methyl sites for hydroxylation is 1. The highest BCUT2D eigenvalue weighted by atomic mass is 32.1. The molecule has 0 saturated heterocycles. The molecule has 2 aromatic heterocycles. The molecule has 0 radical (unpaired) electrons. The highest BCUT2D eigenvalue weighted by Crippen LogP contribution is 2.29. The van der Waals surface area contributed by atoms with E-state index in [0.717, 1.165) is 35.0 Å². The van der Waals surface area contributed by atoms with E-state index in [4.69, 9.17) is 0 Å². The molecule has 0 fully saturated rings. The van der Waals surface area contributed by atoms with E-state index in [1.54, 1.807) is 11.3 Å². The average Bonchev–Trinajstić information content (AvgIpc) is 3.15. The second-order valence-corrected chi connectivity index (χ2v) is 7.73. The number of fused-ring (bicyclic) bond motifs is 2. The Balaban J connectivity index is 1.61. The fourth-order valence-corrected chi connectivity index (χ4v) is 4.30. The molecule has 3 aromatic rings. The zero-order valence-corrected chi connectivity index (χ0v) is 15.6. The van der Waals surface area contributed by atoms with Crippen LogP contribution in [0.1, 0.15) is 17.0 Å². The molecule has 1 amide bonds. The molecule has 0 N–H and O–H groups in total. The molecule has 1 aromatic carbocycles. The van der Waals surface area contributed by atoms with Crippen molar-refractivity contribution in [1.82, 2.24) is 14.3 Å². The van der Waals surface area contributed by atoms with Gasteiger partial charge in [0.1, 0.15) is 0 Å².